The molecule has 1 fully saturated rings. The molecule has 0 saturated carbocycles. The first-order valence-electron chi connectivity index (χ1n) is 6.80. The van der Waals surface area contributed by atoms with Crippen LogP contribution in [0.4, 0.5) is 0 Å². The first-order valence-corrected chi connectivity index (χ1v) is 8.03. The molecular formula is C15H17N3S2. The van der Waals surface area contributed by atoms with E-state index in [1.54, 1.807) is 11.3 Å². The highest BCUT2D eigenvalue weighted by molar-refractivity contribution is 7.80. The van der Waals surface area contributed by atoms with Gasteiger partial charge in [-0.15, -0.1) is 17.9 Å². The third kappa shape index (κ3) is 2.55. The Morgan fingerprint density at radius 2 is 2.40 bits per heavy atom. The largest absolute Gasteiger partial charge is 0.359 e. The highest BCUT2D eigenvalue weighted by atomic mass is 32.1. The summed E-state index contributed by atoms with van der Waals surface area (Å²) in [6.07, 6.45) is 4.11. The second kappa shape index (κ2) is 5.89. The number of hydrogen-bond acceptors (Lipinski definition) is 3. The molecule has 0 amide bonds. The summed E-state index contributed by atoms with van der Waals surface area (Å²) in [7, 11) is 0. The van der Waals surface area contributed by atoms with Gasteiger partial charge in [0.05, 0.1) is 16.3 Å². The molecule has 1 aliphatic heterocycles. The van der Waals surface area contributed by atoms with Gasteiger partial charge in [0, 0.05) is 13.1 Å². The predicted octanol–water partition coefficient (Wildman–Crippen LogP) is 3.49. The van der Waals surface area contributed by atoms with Crippen LogP contribution in [0.25, 0.3) is 10.2 Å². The highest BCUT2D eigenvalue weighted by Gasteiger charge is 2.30. The average Bonchev–Trinajstić information content (AvgIpc) is 3.09. The van der Waals surface area contributed by atoms with Crippen LogP contribution in [0.1, 0.15) is 23.9 Å². The second-order valence-electron chi connectivity index (χ2n) is 4.85. The van der Waals surface area contributed by atoms with Crippen molar-refractivity contribution in [2.75, 3.05) is 13.1 Å². The van der Waals surface area contributed by atoms with Gasteiger partial charge in [0.25, 0.3) is 0 Å². The molecule has 0 radical (unpaired) electrons. The molecule has 3 rings (SSSR count). The van der Waals surface area contributed by atoms with Gasteiger partial charge in [-0.2, -0.15) is 0 Å². The number of nitrogens with zero attached hydrogens (tertiary/aromatic N) is 2. The number of nitrogens with one attached hydrogen (secondary N) is 1. The normalized spacial score (nSPS) is 18.4. The number of aromatic nitrogens is 1. The van der Waals surface area contributed by atoms with Crippen LogP contribution in [0.3, 0.4) is 0 Å². The SMILES string of the molecule is C=CCNC(=S)N1CCC[C@@H]1c1nc2ccccc2s1. The van der Waals surface area contributed by atoms with Gasteiger partial charge in [-0.05, 0) is 37.2 Å². The number of fused-ring (bicyclic) bond motifs is 1. The highest BCUT2D eigenvalue weighted by Crippen LogP contribution is 2.36. The second-order valence-corrected chi connectivity index (χ2v) is 6.29. The van der Waals surface area contributed by atoms with Gasteiger partial charge in [0.2, 0.25) is 0 Å². The lowest BCUT2D eigenvalue weighted by atomic mass is 10.2. The summed E-state index contributed by atoms with van der Waals surface area (Å²) >= 11 is 7.26. The van der Waals surface area contributed by atoms with Crippen molar-refractivity contribution in [2.24, 2.45) is 0 Å². The number of likely N-dealkylation sites (tertiary alicyclic amines) is 1. The molecule has 3 nitrogen and oxygen atoms in total. The molecular weight excluding hydrogens is 286 g/mol. The molecule has 0 bridgehead atoms. The smallest absolute Gasteiger partial charge is 0.169 e. The zero-order valence-electron chi connectivity index (χ0n) is 11.2. The maximum atomic E-state index is 5.48. The van der Waals surface area contributed by atoms with E-state index in [-0.39, 0.29) is 0 Å². The Labute approximate surface area is 128 Å². The van der Waals surface area contributed by atoms with E-state index in [0.717, 1.165) is 30.0 Å². The summed E-state index contributed by atoms with van der Waals surface area (Å²) < 4.78 is 1.25. The fourth-order valence-electron chi connectivity index (χ4n) is 2.56. The van der Waals surface area contributed by atoms with Crippen LogP contribution in [0, 0.1) is 0 Å². The monoisotopic (exact) mass is 303 g/mol. The summed E-state index contributed by atoms with van der Waals surface area (Å²) in [6.45, 7) is 5.43. The Hall–Kier alpha value is -1.46. The van der Waals surface area contributed by atoms with Crippen molar-refractivity contribution in [3.8, 4) is 0 Å². The minimum absolute atomic E-state index is 0.317. The number of rotatable bonds is 3. The summed E-state index contributed by atoms with van der Waals surface area (Å²) in [5.41, 5.74) is 1.09. The number of benzene rings is 1. The predicted molar refractivity (Wildman–Crippen MR) is 89.1 cm³/mol. The molecule has 104 valence electrons. The van der Waals surface area contributed by atoms with Gasteiger partial charge in [0.1, 0.15) is 5.01 Å². The third-order valence-corrected chi connectivity index (χ3v) is 5.02. The third-order valence-electron chi connectivity index (χ3n) is 3.51. The lowest BCUT2D eigenvalue weighted by Crippen LogP contribution is -2.39. The molecule has 2 heterocycles. The van der Waals surface area contributed by atoms with Gasteiger partial charge >= 0.3 is 0 Å². The van der Waals surface area contributed by atoms with Crippen molar-refractivity contribution in [3.05, 3.63) is 41.9 Å². The summed E-state index contributed by atoms with van der Waals surface area (Å²) in [5, 5.41) is 5.21. The van der Waals surface area contributed by atoms with E-state index in [2.05, 4.69) is 35.0 Å². The van der Waals surface area contributed by atoms with Crippen molar-refractivity contribution in [2.45, 2.75) is 18.9 Å². The van der Waals surface area contributed by atoms with Crippen LogP contribution in [-0.4, -0.2) is 28.1 Å². The molecule has 1 aromatic carbocycles. The maximum Gasteiger partial charge on any atom is 0.169 e. The Bertz CT molecular complexity index is 602. The van der Waals surface area contributed by atoms with Gasteiger partial charge in [-0.1, -0.05) is 18.2 Å². The van der Waals surface area contributed by atoms with Crippen LogP contribution in [0.5, 0.6) is 0 Å². The Kier molecular flexibility index (Phi) is 3.98. The van der Waals surface area contributed by atoms with Crippen molar-refractivity contribution in [3.63, 3.8) is 0 Å². The molecule has 1 aliphatic rings. The van der Waals surface area contributed by atoms with E-state index >= 15 is 0 Å². The molecule has 1 atom stereocenters. The van der Waals surface area contributed by atoms with Crippen molar-refractivity contribution >= 4 is 38.9 Å². The van der Waals surface area contributed by atoms with Crippen LogP contribution >= 0.6 is 23.6 Å². The summed E-state index contributed by atoms with van der Waals surface area (Å²) in [5.74, 6) is 0. The van der Waals surface area contributed by atoms with Gasteiger partial charge in [-0.3, -0.25) is 0 Å². The van der Waals surface area contributed by atoms with E-state index in [4.69, 9.17) is 17.2 Å². The molecule has 20 heavy (non-hydrogen) atoms. The Morgan fingerprint density at radius 3 is 3.20 bits per heavy atom. The van der Waals surface area contributed by atoms with Crippen LogP contribution in [0.2, 0.25) is 0 Å². The van der Waals surface area contributed by atoms with Crippen molar-refractivity contribution in [1.29, 1.82) is 0 Å². The number of thiocarbonyl (C=S) groups is 1. The Balaban J connectivity index is 1.84. The van der Waals surface area contributed by atoms with Crippen LogP contribution in [-0.2, 0) is 0 Å². The average molecular weight is 303 g/mol. The lowest BCUT2D eigenvalue weighted by Gasteiger charge is -2.25. The van der Waals surface area contributed by atoms with Gasteiger partial charge < -0.3 is 10.2 Å². The molecule has 0 unspecified atom stereocenters. The molecule has 0 spiro atoms. The van der Waals surface area contributed by atoms with E-state index < -0.39 is 0 Å². The summed E-state index contributed by atoms with van der Waals surface area (Å²) in [4.78, 5) is 7.04. The van der Waals surface area contributed by atoms with Crippen LogP contribution < -0.4 is 5.32 Å². The summed E-state index contributed by atoms with van der Waals surface area (Å²) in [6, 6.07) is 8.62. The molecule has 0 aliphatic carbocycles. The Morgan fingerprint density at radius 1 is 1.55 bits per heavy atom. The maximum absolute atomic E-state index is 5.48. The first kappa shape index (κ1) is 13.5. The fraction of sp³-hybridized carbons (Fsp3) is 0.333. The van der Waals surface area contributed by atoms with Gasteiger partial charge in [-0.25, -0.2) is 4.98 Å². The standard InChI is InChI=1S/C15H17N3S2/c1-2-9-16-15(19)18-10-5-7-12(18)14-17-11-6-3-4-8-13(11)20-14/h2-4,6,8,12H,1,5,7,9-10H2,(H,16,19)/t12-/m1/s1. The minimum Gasteiger partial charge on any atom is -0.359 e. The first-order chi connectivity index (χ1) is 9.79. The van der Waals surface area contributed by atoms with E-state index in [9.17, 15) is 0 Å². The number of thiazole rings is 1. The number of hydrogen-bond donors (Lipinski definition) is 1. The van der Waals surface area contributed by atoms with Gasteiger partial charge in [0.15, 0.2) is 5.11 Å². The fourth-order valence-corrected chi connectivity index (χ4v) is 3.98. The van der Waals surface area contributed by atoms with E-state index in [0.29, 0.717) is 12.6 Å². The molecule has 5 heteroatoms. The lowest BCUT2D eigenvalue weighted by molar-refractivity contribution is 0.394. The molecule has 2 aromatic rings. The molecule has 1 aromatic heterocycles. The zero-order valence-corrected chi connectivity index (χ0v) is 12.8. The topological polar surface area (TPSA) is 28.2 Å². The van der Waals surface area contributed by atoms with Crippen molar-refractivity contribution in [1.82, 2.24) is 15.2 Å². The van der Waals surface area contributed by atoms with E-state index in [1.807, 2.05) is 12.1 Å². The van der Waals surface area contributed by atoms with E-state index in [1.165, 1.54) is 9.71 Å². The minimum atomic E-state index is 0.317. The quantitative estimate of drug-likeness (QED) is 0.694. The van der Waals surface area contributed by atoms with Crippen LogP contribution in [0.15, 0.2) is 36.9 Å². The molecule has 1 N–H and O–H groups in total. The number of para-hydroxylation sites is 1. The molecule has 1 saturated heterocycles. The van der Waals surface area contributed by atoms with Crippen molar-refractivity contribution < 1.29 is 0 Å². The zero-order chi connectivity index (χ0) is 13.9.